The van der Waals surface area contributed by atoms with Crippen LogP contribution < -0.4 is 5.73 Å². The second kappa shape index (κ2) is 7.16. The lowest BCUT2D eigenvalue weighted by Crippen LogP contribution is -2.44. The van der Waals surface area contributed by atoms with Gasteiger partial charge in [0.15, 0.2) is 0 Å². The Morgan fingerprint density at radius 1 is 1.30 bits per heavy atom. The standard InChI is InChI=1S/C16H25N3S/c1-18(2)14-8-10-19(11-9-14)15(12-16(17)20)13-6-4-3-5-7-13/h3-7,14-15H,8-12H2,1-2H3,(H2,17,20). The smallest absolute Gasteiger partial charge is 0.0746 e. The van der Waals surface area contributed by atoms with E-state index in [-0.39, 0.29) is 0 Å². The molecule has 3 nitrogen and oxygen atoms in total. The Balaban J connectivity index is 2.07. The molecule has 4 heteroatoms. The molecule has 2 rings (SSSR count). The lowest BCUT2D eigenvalue weighted by atomic mass is 9.97. The van der Waals surface area contributed by atoms with E-state index in [9.17, 15) is 0 Å². The van der Waals surface area contributed by atoms with Crippen LogP contribution in [0, 0.1) is 0 Å². The van der Waals surface area contributed by atoms with Crippen molar-refractivity contribution in [2.75, 3.05) is 27.2 Å². The molecule has 1 aliphatic heterocycles. The minimum atomic E-state index is 0.330. The van der Waals surface area contributed by atoms with Crippen molar-refractivity contribution in [1.82, 2.24) is 9.80 Å². The zero-order chi connectivity index (χ0) is 14.5. The lowest BCUT2D eigenvalue weighted by Gasteiger charge is -2.39. The van der Waals surface area contributed by atoms with Crippen molar-refractivity contribution in [3.05, 3.63) is 35.9 Å². The number of benzene rings is 1. The van der Waals surface area contributed by atoms with E-state index in [1.807, 2.05) is 0 Å². The van der Waals surface area contributed by atoms with Gasteiger partial charge in [0.25, 0.3) is 0 Å². The molecule has 1 aromatic carbocycles. The Labute approximate surface area is 127 Å². The third kappa shape index (κ3) is 4.01. The van der Waals surface area contributed by atoms with Gasteiger partial charge in [0.1, 0.15) is 0 Å². The second-order valence-electron chi connectivity index (χ2n) is 5.83. The third-order valence-corrected chi connectivity index (χ3v) is 4.42. The molecule has 0 aromatic heterocycles. The van der Waals surface area contributed by atoms with Gasteiger partial charge in [-0.15, -0.1) is 0 Å². The normalized spacial score (nSPS) is 19.1. The first kappa shape index (κ1) is 15.4. The second-order valence-corrected chi connectivity index (χ2v) is 6.35. The summed E-state index contributed by atoms with van der Waals surface area (Å²) in [6.07, 6.45) is 3.20. The predicted octanol–water partition coefficient (Wildman–Crippen LogP) is 2.43. The maximum atomic E-state index is 5.81. The summed E-state index contributed by atoms with van der Waals surface area (Å²) in [5.41, 5.74) is 7.13. The number of thiocarbonyl (C=S) groups is 1. The molecule has 0 spiro atoms. The summed E-state index contributed by atoms with van der Waals surface area (Å²) in [6, 6.07) is 11.6. The fraction of sp³-hybridized carbons (Fsp3) is 0.562. The van der Waals surface area contributed by atoms with Crippen molar-refractivity contribution >= 4 is 17.2 Å². The molecule has 1 atom stereocenters. The quantitative estimate of drug-likeness (QED) is 0.845. The molecule has 2 N–H and O–H groups in total. The fourth-order valence-electron chi connectivity index (χ4n) is 3.04. The number of nitrogens with zero attached hydrogens (tertiary/aromatic N) is 2. The number of likely N-dealkylation sites (tertiary alicyclic amines) is 1. The van der Waals surface area contributed by atoms with Crippen molar-refractivity contribution < 1.29 is 0 Å². The monoisotopic (exact) mass is 291 g/mol. The molecule has 0 bridgehead atoms. The highest BCUT2D eigenvalue weighted by Gasteiger charge is 2.27. The van der Waals surface area contributed by atoms with Crippen LogP contribution >= 0.6 is 12.2 Å². The first-order valence-electron chi connectivity index (χ1n) is 7.31. The van der Waals surface area contributed by atoms with Crippen LogP contribution in [0.1, 0.15) is 30.9 Å². The van der Waals surface area contributed by atoms with E-state index < -0.39 is 0 Å². The van der Waals surface area contributed by atoms with Gasteiger partial charge in [0.2, 0.25) is 0 Å². The van der Waals surface area contributed by atoms with Gasteiger partial charge < -0.3 is 10.6 Å². The number of nitrogens with two attached hydrogens (primary N) is 1. The van der Waals surface area contributed by atoms with E-state index in [2.05, 4.69) is 54.2 Å². The maximum absolute atomic E-state index is 5.81. The molecule has 0 radical (unpaired) electrons. The van der Waals surface area contributed by atoms with Gasteiger partial charge in [0.05, 0.1) is 4.99 Å². The van der Waals surface area contributed by atoms with Crippen LogP contribution in [0.25, 0.3) is 0 Å². The van der Waals surface area contributed by atoms with Crippen LogP contribution in [0.2, 0.25) is 0 Å². The molecule has 1 saturated heterocycles. The number of rotatable bonds is 5. The summed E-state index contributed by atoms with van der Waals surface area (Å²) >= 11 is 5.15. The predicted molar refractivity (Wildman–Crippen MR) is 88.9 cm³/mol. The molecule has 1 fully saturated rings. The van der Waals surface area contributed by atoms with Crippen LogP contribution in [-0.2, 0) is 0 Å². The first-order valence-corrected chi connectivity index (χ1v) is 7.72. The summed E-state index contributed by atoms with van der Waals surface area (Å²) in [6.45, 7) is 2.23. The summed E-state index contributed by atoms with van der Waals surface area (Å²) in [5.74, 6) is 0. The molecule has 0 amide bonds. The highest BCUT2D eigenvalue weighted by Crippen LogP contribution is 2.28. The van der Waals surface area contributed by atoms with Crippen molar-refractivity contribution in [2.45, 2.75) is 31.3 Å². The molecular formula is C16H25N3S. The van der Waals surface area contributed by atoms with Crippen molar-refractivity contribution in [1.29, 1.82) is 0 Å². The Morgan fingerprint density at radius 3 is 2.40 bits per heavy atom. The molecule has 0 aliphatic carbocycles. The highest BCUT2D eigenvalue weighted by molar-refractivity contribution is 7.80. The number of hydrogen-bond donors (Lipinski definition) is 1. The lowest BCUT2D eigenvalue weighted by molar-refractivity contribution is 0.110. The molecule has 0 saturated carbocycles. The van der Waals surface area contributed by atoms with Crippen molar-refractivity contribution in [3.8, 4) is 0 Å². The van der Waals surface area contributed by atoms with Crippen molar-refractivity contribution in [3.63, 3.8) is 0 Å². The first-order chi connectivity index (χ1) is 9.58. The van der Waals surface area contributed by atoms with Crippen molar-refractivity contribution in [2.24, 2.45) is 5.73 Å². The van der Waals surface area contributed by atoms with Gasteiger partial charge >= 0.3 is 0 Å². The van der Waals surface area contributed by atoms with Crippen LogP contribution in [0.15, 0.2) is 30.3 Å². The molecule has 110 valence electrons. The molecular weight excluding hydrogens is 266 g/mol. The van der Waals surface area contributed by atoms with Crippen LogP contribution in [0.3, 0.4) is 0 Å². The zero-order valence-corrected chi connectivity index (χ0v) is 13.3. The SMILES string of the molecule is CN(C)C1CCN(C(CC(N)=S)c2ccccc2)CC1. The van der Waals surface area contributed by atoms with Crippen LogP contribution in [0.5, 0.6) is 0 Å². The van der Waals surface area contributed by atoms with E-state index in [1.54, 1.807) is 0 Å². The minimum absolute atomic E-state index is 0.330. The Bertz CT molecular complexity index is 425. The van der Waals surface area contributed by atoms with Crippen LogP contribution in [-0.4, -0.2) is 48.0 Å². The van der Waals surface area contributed by atoms with Gasteiger partial charge in [-0.2, -0.15) is 0 Å². The van der Waals surface area contributed by atoms with E-state index in [1.165, 1.54) is 18.4 Å². The zero-order valence-electron chi connectivity index (χ0n) is 12.5. The van der Waals surface area contributed by atoms with E-state index in [4.69, 9.17) is 18.0 Å². The molecule has 1 heterocycles. The topological polar surface area (TPSA) is 32.5 Å². The molecule has 1 unspecified atom stereocenters. The summed E-state index contributed by atoms with van der Waals surface area (Å²) in [5, 5.41) is 0. The Kier molecular flexibility index (Phi) is 5.52. The molecule has 1 aromatic rings. The number of piperidine rings is 1. The molecule has 1 aliphatic rings. The summed E-state index contributed by atoms with van der Waals surface area (Å²) in [4.78, 5) is 5.48. The summed E-state index contributed by atoms with van der Waals surface area (Å²) < 4.78 is 0. The fourth-order valence-corrected chi connectivity index (χ4v) is 3.20. The van der Waals surface area contributed by atoms with E-state index >= 15 is 0 Å². The van der Waals surface area contributed by atoms with E-state index in [0.717, 1.165) is 19.5 Å². The van der Waals surface area contributed by atoms with E-state index in [0.29, 0.717) is 17.1 Å². The third-order valence-electron chi connectivity index (χ3n) is 4.25. The minimum Gasteiger partial charge on any atom is -0.393 e. The van der Waals surface area contributed by atoms with Gasteiger partial charge in [-0.3, -0.25) is 4.90 Å². The van der Waals surface area contributed by atoms with Gasteiger partial charge in [0, 0.05) is 31.6 Å². The summed E-state index contributed by atoms with van der Waals surface area (Å²) in [7, 11) is 4.34. The van der Waals surface area contributed by atoms with Gasteiger partial charge in [-0.1, -0.05) is 42.5 Å². The Morgan fingerprint density at radius 2 is 1.90 bits per heavy atom. The average Bonchev–Trinajstić information content (AvgIpc) is 2.45. The largest absolute Gasteiger partial charge is 0.393 e. The number of hydrogen-bond acceptors (Lipinski definition) is 3. The Hall–Kier alpha value is -0.970. The average molecular weight is 291 g/mol. The van der Waals surface area contributed by atoms with Gasteiger partial charge in [-0.05, 0) is 32.5 Å². The highest BCUT2D eigenvalue weighted by atomic mass is 32.1. The molecule has 20 heavy (non-hydrogen) atoms. The van der Waals surface area contributed by atoms with Gasteiger partial charge in [-0.25, -0.2) is 0 Å². The van der Waals surface area contributed by atoms with Crippen LogP contribution in [0.4, 0.5) is 0 Å². The maximum Gasteiger partial charge on any atom is 0.0746 e.